The zero-order valence-electron chi connectivity index (χ0n) is 22.5. The van der Waals surface area contributed by atoms with E-state index in [0.717, 1.165) is 69.2 Å². The molecular formula is C31H40FN3OSi. The highest BCUT2D eigenvalue weighted by molar-refractivity contribution is 6.76. The number of pyridine rings is 1. The number of aromatic nitrogens is 1. The molecule has 0 aliphatic carbocycles. The van der Waals surface area contributed by atoms with Gasteiger partial charge in [0.2, 0.25) is 0 Å². The first-order valence-electron chi connectivity index (χ1n) is 13.7. The first kappa shape index (κ1) is 26.1. The van der Waals surface area contributed by atoms with Crippen LogP contribution in [0.1, 0.15) is 35.2 Å². The number of benzene rings is 2. The van der Waals surface area contributed by atoms with Crippen molar-refractivity contribution in [2.24, 2.45) is 0 Å². The molecule has 3 aromatic rings. The van der Waals surface area contributed by atoms with Gasteiger partial charge in [-0.2, -0.15) is 0 Å². The summed E-state index contributed by atoms with van der Waals surface area (Å²) in [6, 6.07) is 20.7. The molecule has 1 unspecified atom stereocenters. The van der Waals surface area contributed by atoms with Gasteiger partial charge in [0.1, 0.15) is 11.4 Å². The minimum Gasteiger partial charge on any atom is -0.379 e. The molecule has 2 aliphatic rings. The van der Waals surface area contributed by atoms with Crippen LogP contribution in [0.4, 0.5) is 10.1 Å². The van der Waals surface area contributed by atoms with Crippen molar-refractivity contribution in [3.05, 3.63) is 95.1 Å². The number of halogens is 1. The van der Waals surface area contributed by atoms with E-state index >= 15 is 0 Å². The van der Waals surface area contributed by atoms with Gasteiger partial charge in [0.05, 0.1) is 5.69 Å². The van der Waals surface area contributed by atoms with Gasteiger partial charge in [-0.15, -0.1) is 0 Å². The maximum atomic E-state index is 13.2. The third-order valence-corrected chi connectivity index (χ3v) is 9.57. The second kappa shape index (κ2) is 10.7. The summed E-state index contributed by atoms with van der Waals surface area (Å²) in [7, 11) is -1.60. The van der Waals surface area contributed by atoms with Crippen LogP contribution in [0.2, 0.25) is 25.7 Å². The van der Waals surface area contributed by atoms with Gasteiger partial charge >= 0.3 is 0 Å². The normalized spacial score (nSPS) is 18.6. The molecular weight excluding hydrogens is 477 g/mol. The minimum atomic E-state index is -1.60. The number of anilines is 1. The standard InChI is InChI=1S/C31H40FN3OSi/c1-37(2,3)23-31(36,30-6-4-5-17-33-30)26-10-9-25-14-21-35(29(25)22-26)28-15-19-34(20-16-28)18-13-24-7-11-27(32)12-8-24/h4-12,17,22,28,36H,13-16,18-21,23H2,1-3H3. The number of likely N-dealkylation sites (tertiary alicyclic amines) is 1. The molecule has 37 heavy (non-hydrogen) atoms. The van der Waals surface area contributed by atoms with Crippen molar-refractivity contribution in [1.29, 1.82) is 0 Å². The quantitative estimate of drug-likeness (QED) is 0.380. The fraction of sp³-hybridized carbons (Fsp3) is 0.452. The molecule has 0 saturated carbocycles. The van der Waals surface area contributed by atoms with E-state index in [-0.39, 0.29) is 5.82 Å². The zero-order chi connectivity index (χ0) is 26.0. The van der Waals surface area contributed by atoms with Gasteiger partial charge in [-0.3, -0.25) is 4.98 Å². The van der Waals surface area contributed by atoms with Crippen LogP contribution in [0, 0.1) is 5.82 Å². The first-order chi connectivity index (χ1) is 17.7. The highest BCUT2D eigenvalue weighted by Crippen LogP contribution is 2.41. The lowest BCUT2D eigenvalue weighted by Gasteiger charge is -2.39. The lowest BCUT2D eigenvalue weighted by atomic mass is 9.90. The summed E-state index contributed by atoms with van der Waals surface area (Å²) in [4.78, 5) is 9.74. The lowest BCUT2D eigenvalue weighted by Crippen LogP contribution is -2.45. The van der Waals surface area contributed by atoms with E-state index < -0.39 is 13.7 Å². The van der Waals surface area contributed by atoms with Crippen molar-refractivity contribution in [3.8, 4) is 0 Å². The van der Waals surface area contributed by atoms with E-state index in [4.69, 9.17) is 0 Å². The van der Waals surface area contributed by atoms with Crippen LogP contribution in [0.25, 0.3) is 0 Å². The molecule has 2 aromatic carbocycles. The van der Waals surface area contributed by atoms with E-state index in [1.165, 1.54) is 16.8 Å². The molecule has 1 atom stereocenters. The Morgan fingerprint density at radius 1 is 1.00 bits per heavy atom. The van der Waals surface area contributed by atoms with Crippen molar-refractivity contribution in [3.63, 3.8) is 0 Å². The Kier molecular flexibility index (Phi) is 7.53. The fourth-order valence-electron chi connectivity index (χ4n) is 6.15. The van der Waals surface area contributed by atoms with Crippen LogP contribution >= 0.6 is 0 Å². The lowest BCUT2D eigenvalue weighted by molar-refractivity contribution is 0.0958. The maximum Gasteiger partial charge on any atom is 0.129 e. The number of hydrogen-bond donors (Lipinski definition) is 1. The van der Waals surface area contributed by atoms with Gasteiger partial charge in [0, 0.05) is 52.2 Å². The molecule has 1 saturated heterocycles. The van der Waals surface area contributed by atoms with Gasteiger partial charge in [-0.1, -0.05) is 50.0 Å². The predicted molar refractivity (Wildman–Crippen MR) is 152 cm³/mol. The van der Waals surface area contributed by atoms with Crippen LogP contribution < -0.4 is 4.90 Å². The van der Waals surface area contributed by atoms with Gasteiger partial charge in [-0.05, 0) is 78.7 Å². The van der Waals surface area contributed by atoms with Crippen LogP contribution in [0.3, 0.4) is 0 Å². The molecule has 196 valence electrons. The van der Waals surface area contributed by atoms with E-state index in [0.29, 0.717) is 6.04 Å². The smallest absolute Gasteiger partial charge is 0.129 e. The summed E-state index contributed by atoms with van der Waals surface area (Å²) in [5.41, 5.74) is 4.53. The van der Waals surface area contributed by atoms with Gasteiger partial charge in [0.25, 0.3) is 0 Å². The molecule has 1 N–H and O–H groups in total. The number of aliphatic hydroxyl groups is 1. The van der Waals surface area contributed by atoms with E-state index in [2.05, 4.69) is 52.6 Å². The molecule has 3 heterocycles. The Morgan fingerprint density at radius 2 is 1.76 bits per heavy atom. The highest BCUT2D eigenvalue weighted by Gasteiger charge is 2.39. The average molecular weight is 518 g/mol. The minimum absolute atomic E-state index is 0.169. The van der Waals surface area contributed by atoms with Crippen molar-refractivity contribution in [2.45, 2.75) is 63.0 Å². The maximum absolute atomic E-state index is 13.2. The zero-order valence-corrected chi connectivity index (χ0v) is 23.5. The van der Waals surface area contributed by atoms with Gasteiger partial charge in [0.15, 0.2) is 0 Å². The first-order valence-corrected chi connectivity index (χ1v) is 17.4. The summed E-state index contributed by atoms with van der Waals surface area (Å²) in [6.07, 6.45) is 6.10. The summed E-state index contributed by atoms with van der Waals surface area (Å²) in [5.74, 6) is -0.169. The second-order valence-corrected chi connectivity index (χ2v) is 17.5. The Labute approximate surface area is 222 Å². The van der Waals surface area contributed by atoms with Gasteiger partial charge < -0.3 is 14.9 Å². The number of piperidine rings is 1. The number of hydrogen-bond acceptors (Lipinski definition) is 4. The Bertz CT molecular complexity index is 1190. The Morgan fingerprint density at radius 3 is 2.43 bits per heavy atom. The SMILES string of the molecule is C[Si](C)(C)CC(O)(c1ccc2c(c1)N(C1CCN(CCc3ccc(F)cc3)CC1)CC2)c1ccccn1. The Balaban J connectivity index is 1.30. The number of rotatable bonds is 8. The summed E-state index contributed by atoms with van der Waals surface area (Å²) in [6.45, 7) is 11.2. The van der Waals surface area contributed by atoms with Crippen LogP contribution in [-0.2, 0) is 18.4 Å². The third kappa shape index (κ3) is 5.97. The van der Waals surface area contributed by atoms with Crippen molar-refractivity contribution in [2.75, 3.05) is 31.1 Å². The molecule has 1 aromatic heterocycles. The summed E-state index contributed by atoms with van der Waals surface area (Å²) >= 11 is 0. The molecule has 4 nitrogen and oxygen atoms in total. The Hall–Kier alpha value is -2.54. The summed E-state index contributed by atoms with van der Waals surface area (Å²) in [5, 5.41) is 12.1. The van der Waals surface area contributed by atoms with Gasteiger partial charge in [-0.25, -0.2) is 4.39 Å². The topological polar surface area (TPSA) is 39.6 Å². The van der Waals surface area contributed by atoms with E-state index in [9.17, 15) is 9.50 Å². The van der Waals surface area contributed by atoms with Crippen LogP contribution in [0.15, 0.2) is 66.9 Å². The van der Waals surface area contributed by atoms with Crippen molar-refractivity contribution in [1.82, 2.24) is 9.88 Å². The van der Waals surface area contributed by atoms with Crippen molar-refractivity contribution < 1.29 is 9.50 Å². The molecule has 0 bridgehead atoms. The molecule has 0 spiro atoms. The van der Waals surface area contributed by atoms with Crippen molar-refractivity contribution >= 4 is 13.8 Å². The fourth-order valence-corrected chi connectivity index (χ4v) is 8.07. The number of nitrogens with zero attached hydrogens (tertiary/aromatic N) is 3. The highest BCUT2D eigenvalue weighted by atomic mass is 28.3. The van der Waals surface area contributed by atoms with Crippen LogP contribution in [0.5, 0.6) is 0 Å². The number of fused-ring (bicyclic) bond motifs is 1. The van der Waals surface area contributed by atoms with E-state index in [1.807, 2.05) is 30.3 Å². The molecule has 5 rings (SSSR count). The monoisotopic (exact) mass is 517 g/mol. The third-order valence-electron chi connectivity index (χ3n) is 8.00. The molecule has 1 fully saturated rings. The van der Waals surface area contributed by atoms with Crippen LogP contribution in [-0.4, -0.2) is 55.3 Å². The molecule has 2 aliphatic heterocycles. The molecule has 0 radical (unpaired) electrons. The molecule has 0 amide bonds. The largest absolute Gasteiger partial charge is 0.379 e. The second-order valence-electron chi connectivity index (χ2n) is 12.0. The van der Waals surface area contributed by atoms with E-state index in [1.54, 1.807) is 18.3 Å². The summed E-state index contributed by atoms with van der Waals surface area (Å²) < 4.78 is 13.2. The predicted octanol–water partition coefficient (Wildman–Crippen LogP) is 5.86. The molecule has 6 heteroatoms. The average Bonchev–Trinajstić information content (AvgIpc) is 3.32.